The van der Waals surface area contributed by atoms with Gasteiger partial charge in [0.25, 0.3) is 0 Å². The van der Waals surface area contributed by atoms with Crippen molar-refractivity contribution >= 4 is 18.4 Å². The molecule has 2 N–H and O–H groups in total. The molecule has 0 bridgehead atoms. The van der Waals surface area contributed by atoms with Gasteiger partial charge in [0.1, 0.15) is 5.82 Å². The van der Waals surface area contributed by atoms with Crippen LogP contribution in [0.15, 0.2) is 47.4 Å². The monoisotopic (exact) mass is 202 g/mol. The van der Waals surface area contributed by atoms with E-state index in [-0.39, 0.29) is 0 Å². The maximum Gasteiger partial charge on any atom is 0.124 e. The number of aromatic nitrogens is 1. The smallest absolute Gasteiger partial charge is 0.124 e. The van der Waals surface area contributed by atoms with Gasteiger partial charge in [0.05, 0.1) is 5.69 Å². The minimum absolute atomic E-state index is 0.539. The van der Waals surface area contributed by atoms with Gasteiger partial charge in [0.15, 0.2) is 0 Å². The molecule has 1 aromatic carbocycles. The molecule has 2 aromatic rings. The molecule has 0 fully saturated rings. The lowest BCUT2D eigenvalue weighted by molar-refractivity contribution is 1.32. The van der Waals surface area contributed by atoms with Crippen LogP contribution in [-0.2, 0) is 0 Å². The second-order valence-electron chi connectivity index (χ2n) is 2.99. The molecule has 0 atom stereocenters. The Morgan fingerprint density at radius 3 is 2.36 bits per heavy atom. The van der Waals surface area contributed by atoms with Crippen molar-refractivity contribution in [2.75, 3.05) is 5.73 Å². The highest BCUT2D eigenvalue weighted by atomic mass is 32.1. The van der Waals surface area contributed by atoms with Gasteiger partial charge in [0.2, 0.25) is 0 Å². The van der Waals surface area contributed by atoms with Gasteiger partial charge in [-0.25, -0.2) is 4.98 Å². The normalized spacial score (nSPS) is 10.1. The van der Waals surface area contributed by atoms with Crippen LogP contribution < -0.4 is 5.73 Å². The van der Waals surface area contributed by atoms with Crippen molar-refractivity contribution in [1.82, 2.24) is 4.98 Å². The maximum atomic E-state index is 5.60. The van der Waals surface area contributed by atoms with Gasteiger partial charge in [-0.2, -0.15) is 0 Å². The van der Waals surface area contributed by atoms with E-state index in [4.69, 9.17) is 5.73 Å². The molecule has 0 unspecified atom stereocenters. The largest absolute Gasteiger partial charge is 0.384 e. The SMILES string of the molecule is Nc1cccc(-c2ccc(S)cc2)n1. The molecule has 0 saturated carbocycles. The Balaban J connectivity index is 2.44. The van der Waals surface area contributed by atoms with E-state index in [0.29, 0.717) is 5.82 Å². The lowest BCUT2D eigenvalue weighted by atomic mass is 10.1. The fourth-order valence-corrected chi connectivity index (χ4v) is 1.39. The van der Waals surface area contributed by atoms with Crippen molar-refractivity contribution in [3.63, 3.8) is 0 Å². The second-order valence-corrected chi connectivity index (χ2v) is 3.51. The van der Waals surface area contributed by atoms with E-state index in [9.17, 15) is 0 Å². The summed E-state index contributed by atoms with van der Waals surface area (Å²) in [5.41, 5.74) is 7.54. The lowest BCUT2D eigenvalue weighted by Crippen LogP contribution is -1.90. The third-order valence-electron chi connectivity index (χ3n) is 1.93. The van der Waals surface area contributed by atoms with Crippen LogP contribution in [0, 0.1) is 0 Å². The zero-order valence-corrected chi connectivity index (χ0v) is 8.41. The van der Waals surface area contributed by atoms with Crippen LogP contribution in [0.5, 0.6) is 0 Å². The number of benzene rings is 1. The predicted molar refractivity (Wildman–Crippen MR) is 61.3 cm³/mol. The third-order valence-corrected chi connectivity index (χ3v) is 2.23. The molecule has 0 spiro atoms. The summed E-state index contributed by atoms with van der Waals surface area (Å²) in [6.07, 6.45) is 0. The molecule has 0 aliphatic carbocycles. The number of nitrogens with zero attached hydrogens (tertiary/aromatic N) is 1. The first kappa shape index (κ1) is 9.09. The summed E-state index contributed by atoms with van der Waals surface area (Å²) >= 11 is 4.22. The van der Waals surface area contributed by atoms with Crippen molar-refractivity contribution in [3.8, 4) is 11.3 Å². The lowest BCUT2D eigenvalue weighted by Gasteiger charge is -2.01. The molecule has 0 aliphatic rings. The standard InChI is InChI=1S/C11H10N2S/c12-11-3-1-2-10(13-11)8-4-6-9(14)7-5-8/h1-7,14H,(H2,12,13). The molecular weight excluding hydrogens is 192 g/mol. The number of pyridine rings is 1. The third kappa shape index (κ3) is 1.88. The van der Waals surface area contributed by atoms with Gasteiger partial charge < -0.3 is 5.73 Å². The molecule has 2 rings (SSSR count). The first-order chi connectivity index (χ1) is 6.75. The number of hydrogen-bond acceptors (Lipinski definition) is 3. The maximum absolute atomic E-state index is 5.60. The molecule has 70 valence electrons. The van der Waals surface area contributed by atoms with Gasteiger partial charge in [-0.15, -0.1) is 12.6 Å². The Kier molecular flexibility index (Phi) is 2.41. The molecule has 14 heavy (non-hydrogen) atoms. The number of nitrogens with two attached hydrogens (primary N) is 1. The Morgan fingerprint density at radius 2 is 1.71 bits per heavy atom. The van der Waals surface area contributed by atoms with Crippen molar-refractivity contribution in [1.29, 1.82) is 0 Å². The summed E-state index contributed by atoms with van der Waals surface area (Å²) in [6, 6.07) is 13.4. The van der Waals surface area contributed by atoms with E-state index >= 15 is 0 Å². The van der Waals surface area contributed by atoms with Crippen LogP contribution in [0.25, 0.3) is 11.3 Å². The zero-order chi connectivity index (χ0) is 9.97. The molecule has 1 heterocycles. The fraction of sp³-hybridized carbons (Fsp3) is 0. The quantitative estimate of drug-likeness (QED) is 0.698. The first-order valence-corrected chi connectivity index (χ1v) is 4.72. The van der Waals surface area contributed by atoms with Crippen LogP contribution in [0.4, 0.5) is 5.82 Å². The zero-order valence-electron chi connectivity index (χ0n) is 7.51. The highest BCUT2D eigenvalue weighted by molar-refractivity contribution is 7.80. The van der Waals surface area contributed by atoms with Crippen molar-refractivity contribution < 1.29 is 0 Å². The van der Waals surface area contributed by atoms with Crippen LogP contribution >= 0.6 is 12.6 Å². The molecule has 0 saturated heterocycles. The van der Waals surface area contributed by atoms with E-state index in [1.54, 1.807) is 6.07 Å². The molecule has 0 amide bonds. The molecule has 0 radical (unpaired) electrons. The number of rotatable bonds is 1. The molecule has 0 aliphatic heterocycles. The Labute approximate surface area is 88.2 Å². The Hall–Kier alpha value is -1.48. The van der Waals surface area contributed by atoms with Gasteiger partial charge in [-0.05, 0) is 24.3 Å². The van der Waals surface area contributed by atoms with Crippen molar-refractivity contribution in [2.45, 2.75) is 4.90 Å². The fourth-order valence-electron chi connectivity index (χ4n) is 1.24. The van der Waals surface area contributed by atoms with Gasteiger partial charge >= 0.3 is 0 Å². The first-order valence-electron chi connectivity index (χ1n) is 4.27. The van der Waals surface area contributed by atoms with E-state index in [0.717, 1.165) is 16.2 Å². The topological polar surface area (TPSA) is 38.9 Å². The van der Waals surface area contributed by atoms with Gasteiger partial charge in [-0.3, -0.25) is 0 Å². The number of anilines is 1. The molecule has 3 heteroatoms. The average Bonchev–Trinajstić information content (AvgIpc) is 2.19. The van der Waals surface area contributed by atoms with Gasteiger partial charge in [0, 0.05) is 10.5 Å². The highest BCUT2D eigenvalue weighted by Crippen LogP contribution is 2.19. The van der Waals surface area contributed by atoms with Crippen molar-refractivity contribution in [2.24, 2.45) is 0 Å². The average molecular weight is 202 g/mol. The summed E-state index contributed by atoms with van der Waals surface area (Å²) in [6.45, 7) is 0. The molecular formula is C11H10N2S. The van der Waals surface area contributed by atoms with E-state index in [1.165, 1.54) is 0 Å². The number of nitrogen functional groups attached to an aromatic ring is 1. The second kappa shape index (κ2) is 3.72. The summed E-state index contributed by atoms with van der Waals surface area (Å²) < 4.78 is 0. The Bertz CT molecular complexity index is 437. The minimum Gasteiger partial charge on any atom is -0.384 e. The predicted octanol–water partition coefficient (Wildman–Crippen LogP) is 2.62. The van der Waals surface area contributed by atoms with E-state index in [2.05, 4.69) is 17.6 Å². The number of hydrogen-bond donors (Lipinski definition) is 2. The van der Waals surface area contributed by atoms with Crippen LogP contribution in [-0.4, -0.2) is 4.98 Å². The minimum atomic E-state index is 0.539. The van der Waals surface area contributed by atoms with E-state index < -0.39 is 0 Å². The summed E-state index contributed by atoms with van der Waals surface area (Å²) in [5, 5.41) is 0. The van der Waals surface area contributed by atoms with Crippen molar-refractivity contribution in [3.05, 3.63) is 42.5 Å². The summed E-state index contributed by atoms with van der Waals surface area (Å²) in [7, 11) is 0. The van der Waals surface area contributed by atoms with Gasteiger partial charge in [-0.1, -0.05) is 18.2 Å². The highest BCUT2D eigenvalue weighted by Gasteiger charge is 1.98. The van der Waals surface area contributed by atoms with Crippen LogP contribution in [0.3, 0.4) is 0 Å². The summed E-state index contributed by atoms with van der Waals surface area (Å²) in [5.74, 6) is 0.539. The van der Waals surface area contributed by atoms with Crippen LogP contribution in [0.2, 0.25) is 0 Å². The van der Waals surface area contributed by atoms with E-state index in [1.807, 2.05) is 36.4 Å². The Morgan fingerprint density at radius 1 is 1.00 bits per heavy atom. The van der Waals surface area contributed by atoms with Crippen LogP contribution in [0.1, 0.15) is 0 Å². The molecule has 1 aromatic heterocycles. The molecule has 2 nitrogen and oxygen atoms in total. The summed E-state index contributed by atoms with van der Waals surface area (Å²) in [4.78, 5) is 5.17. The number of thiol groups is 1.